The Morgan fingerprint density at radius 2 is 1.70 bits per heavy atom. The zero-order valence-corrected chi connectivity index (χ0v) is 18.2. The van der Waals surface area contributed by atoms with Crippen molar-refractivity contribution in [2.75, 3.05) is 5.32 Å². The molecule has 8 heteroatoms. The van der Waals surface area contributed by atoms with E-state index in [0.29, 0.717) is 36.2 Å². The Morgan fingerprint density at radius 1 is 1.00 bits per heavy atom. The number of rotatable bonds is 4. The largest absolute Gasteiger partial charge is 0.506 e. The number of carbonyl (C=O) groups is 1. The second-order valence-corrected chi connectivity index (χ2v) is 8.05. The van der Waals surface area contributed by atoms with Gasteiger partial charge in [0, 0.05) is 21.2 Å². The minimum Gasteiger partial charge on any atom is -0.506 e. The fraction of sp³-hybridized carbons (Fsp3) is 0. The number of benzene rings is 3. The summed E-state index contributed by atoms with van der Waals surface area (Å²) in [4.78, 5) is 12.5. The van der Waals surface area contributed by atoms with Crippen LogP contribution in [0.3, 0.4) is 0 Å². The molecule has 3 aromatic carbocycles. The second kappa shape index (κ2) is 8.52. The Kier molecular flexibility index (Phi) is 6.32. The molecule has 0 aliphatic carbocycles. The minimum absolute atomic E-state index is 0.117. The number of carbonyl (C=O) groups excluding carboxylic acids is 1. The van der Waals surface area contributed by atoms with Crippen LogP contribution in [0.5, 0.6) is 17.2 Å². The first-order chi connectivity index (χ1) is 12.8. The van der Waals surface area contributed by atoms with E-state index >= 15 is 0 Å². The van der Waals surface area contributed by atoms with Crippen molar-refractivity contribution in [3.05, 3.63) is 79.2 Å². The first-order valence-corrected chi connectivity index (χ1v) is 9.90. The van der Waals surface area contributed by atoms with Crippen LogP contribution in [-0.4, -0.2) is 11.0 Å². The van der Waals surface area contributed by atoms with Gasteiger partial charge in [0.1, 0.15) is 17.2 Å². The molecule has 0 spiro atoms. The molecule has 1 amide bonds. The van der Waals surface area contributed by atoms with Gasteiger partial charge in [-0.1, -0.05) is 39.1 Å². The van der Waals surface area contributed by atoms with Gasteiger partial charge in [0.05, 0.1) is 15.1 Å². The number of halogens is 4. The minimum atomic E-state index is -0.478. The third-order valence-electron chi connectivity index (χ3n) is 3.50. The second-order valence-electron chi connectivity index (χ2n) is 5.44. The molecule has 0 bridgehead atoms. The number of hydrogen-bond acceptors (Lipinski definition) is 3. The predicted molar refractivity (Wildman–Crippen MR) is 114 cm³/mol. The van der Waals surface area contributed by atoms with Gasteiger partial charge in [-0.3, -0.25) is 4.79 Å². The first kappa shape index (κ1) is 20.0. The Balaban J connectivity index is 1.84. The molecule has 4 nitrogen and oxygen atoms in total. The van der Waals surface area contributed by atoms with Crippen molar-refractivity contribution < 1.29 is 14.6 Å². The molecule has 138 valence electrons. The summed E-state index contributed by atoms with van der Waals surface area (Å²) in [6, 6.07) is 14.8. The highest BCUT2D eigenvalue weighted by Crippen LogP contribution is 2.34. The van der Waals surface area contributed by atoms with E-state index in [-0.39, 0.29) is 11.3 Å². The normalized spacial score (nSPS) is 10.5. The Labute approximate surface area is 182 Å². The summed E-state index contributed by atoms with van der Waals surface area (Å²) in [6.07, 6.45) is 0. The third kappa shape index (κ3) is 4.96. The van der Waals surface area contributed by atoms with Crippen LogP contribution in [0, 0.1) is 0 Å². The number of phenolic OH excluding ortho intramolecular Hbond substituents is 1. The van der Waals surface area contributed by atoms with E-state index < -0.39 is 5.91 Å². The molecular formula is C19H11Br2Cl2NO3. The number of amides is 1. The molecule has 0 aromatic heterocycles. The van der Waals surface area contributed by atoms with Crippen molar-refractivity contribution in [2.45, 2.75) is 0 Å². The topological polar surface area (TPSA) is 58.6 Å². The van der Waals surface area contributed by atoms with Gasteiger partial charge in [-0.2, -0.15) is 0 Å². The van der Waals surface area contributed by atoms with Crippen molar-refractivity contribution in [1.82, 2.24) is 0 Å². The lowest BCUT2D eigenvalue weighted by atomic mass is 10.2. The number of hydrogen-bond donors (Lipinski definition) is 2. The molecule has 27 heavy (non-hydrogen) atoms. The van der Waals surface area contributed by atoms with Crippen LogP contribution in [0.1, 0.15) is 10.4 Å². The Morgan fingerprint density at radius 3 is 2.41 bits per heavy atom. The van der Waals surface area contributed by atoms with Crippen LogP contribution >= 0.6 is 55.1 Å². The lowest BCUT2D eigenvalue weighted by Gasteiger charge is -2.12. The molecule has 0 unspecified atom stereocenters. The van der Waals surface area contributed by atoms with Crippen LogP contribution in [0.15, 0.2) is 63.5 Å². The molecule has 0 aliphatic heterocycles. The van der Waals surface area contributed by atoms with E-state index in [0.717, 1.165) is 0 Å². The fourth-order valence-electron chi connectivity index (χ4n) is 2.23. The Bertz CT molecular complexity index is 1010. The highest BCUT2D eigenvalue weighted by molar-refractivity contribution is 9.11. The van der Waals surface area contributed by atoms with E-state index in [9.17, 15) is 9.90 Å². The molecule has 0 fully saturated rings. The average molecular weight is 532 g/mol. The summed E-state index contributed by atoms with van der Waals surface area (Å²) in [6.45, 7) is 0. The molecule has 0 saturated heterocycles. The third-order valence-corrected chi connectivity index (χ3v) is 5.13. The van der Waals surface area contributed by atoms with Crippen LogP contribution < -0.4 is 10.1 Å². The molecule has 3 rings (SSSR count). The van der Waals surface area contributed by atoms with Gasteiger partial charge in [0.15, 0.2) is 0 Å². The van der Waals surface area contributed by atoms with E-state index in [4.69, 9.17) is 27.9 Å². The van der Waals surface area contributed by atoms with Crippen LogP contribution in [0.25, 0.3) is 0 Å². The lowest BCUT2D eigenvalue weighted by Crippen LogP contribution is -2.12. The van der Waals surface area contributed by atoms with Gasteiger partial charge in [-0.15, -0.1) is 0 Å². The molecule has 0 radical (unpaired) electrons. The maximum atomic E-state index is 12.5. The SMILES string of the molecule is O=C(Nc1ccc(Cl)c(Oc2ccc(Cl)cc2)c1)c1cc(Br)cc(Br)c1O. The maximum absolute atomic E-state index is 12.5. The Hall–Kier alpha value is -1.73. The maximum Gasteiger partial charge on any atom is 0.259 e. The summed E-state index contributed by atoms with van der Waals surface area (Å²) in [7, 11) is 0. The van der Waals surface area contributed by atoms with Crippen molar-refractivity contribution >= 4 is 66.7 Å². The smallest absolute Gasteiger partial charge is 0.259 e. The number of nitrogens with one attached hydrogen (secondary N) is 1. The predicted octanol–water partition coefficient (Wildman–Crippen LogP) is 7.27. The molecule has 0 atom stereocenters. The molecule has 0 aliphatic rings. The number of phenols is 1. The fourth-order valence-corrected chi connectivity index (χ4v) is 3.73. The van der Waals surface area contributed by atoms with Crippen molar-refractivity contribution in [3.8, 4) is 17.2 Å². The summed E-state index contributed by atoms with van der Waals surface area (Å²) in [5, 5.41) is 13.8. The van der Waals surface area contributed by atoms with Crippen molar-refractivity contribution in [3.63, 3.8) is 0 Å². The van der Waals surface area contributed by atoms with E-state index in [1.807, 2.05) is 0 Å². The average Bonchev–Trinajstić information content (AvgIpc) is 2.62. The number of ether oxygens (including phenoxy) is 1. The number of aromatic hydroxyl groups is 1. The highest BCUT2D eigenvalue weighted by atomic mass is 79.9. The van der Waals surface area contributed by atoms with E-state index in [2.05, 4.69) is 37.2 Å². The monoisotopic (exact) mass is 529 g/mol. The summed E-state index contributed by atoms with van der Waals surface area (Å²) >= 11 is 18.6. The lowest BCUT2D eigenvalue weighted by molar-refractivity contribution is 0.102. The summed E-state index contributed by atoms with van der Waals surface area (Å²) < 4.78 is 6.81. The van der Waals surface area contributed by atoms with Crippen molar-refractivity contribution in [1.29, 1.82) is 0 Å². The highest BCUT2D eigenvalue weighted by Gasteiger charge is 2.16. The van der Waals surface area contributed by atoms with Gasteiger partial charge >= 0.3 is 0 Å². The van der Waals surface area contributed by atoms with Gasteiger partial charge in [0.25, 0.3) is 5.91 Å². The van der Waals surface area contributed by atoms with Gasteiger partial charge in [-0.05, 0) is 64.5 Å². The molecule has 0 heterocycles. The van der Waals surface area contributed by atoms with Crippen LogP contribution in [-0.2, 0) is 0 Å². The van der Waals surface area contributed by atoms with Gasteiger partial charge in [-0.25, -0.2) is 0 Å². The molecular weight excluding hydrogens is 521 g/mol. The zero-order valence-electron chi connectivity index (χ0n) is 13.5. The molecule has 2 N–H and O–H groups in total. The van der Waals surface area contributed by atoms with E-state index in [1.165, 1.54) is 6.07 Å². The quantitative estimate of drug-likeness (QED) is 0.372. The number of anilines is 1. The van der Waals surface area contributed by atoms with Crippen molar-refractivity contribution in [2.24, 2.45) is 0 Å². The standard InChI is InChI=1S/C19H11Br2Cl2NO3/c20-10-7-14(18(25)15(21)8-10)19(26)24-12-3-6-16(23)17(9-12)27-13-4-1-11(22)2-5-13/h1-9,25H,(H,24,26). The van der Waals surface area contributed by atoms with Crippen LogP contribution in [0.4, 0.5) is 5.69 Å². The van der Waals surface area contributed by atoms with Gasteiger partial charge < -0.3 is 15.2 Å². The first-order valence-electron chi connectivity index (χ1n) is 7.56. The summed E-state index contributed by atoms with van der Waals surface area (Å²) in [5.74, 6) is 0.298. The van der Waals surface area contributed by atoms with E-state index in [1.54, 1.807) is 48.5 Å². The van der Waals surface area contributed by atoms with Gasteiger partial charge in [0.2, 0.25) is 0 Å². The molecule has 3 aromatic rings. The molecule has 0 saturated carbocycles. The van der Waals surface area contributed by atoms with Crippen LogP contribution in [0.2, 0.25) is 10.0 Å². The zero-order chi connectivity index (χ0) is 19.6. The summed E-state index contributed by atoms with van der Waals surface area (Å²) in [5.41, 5.74) is 0.579.